The second-order valence-corrected chi connectivity index (χ2v) is 6.92. The molecule has 0 unspecified atom stereocenters. The number of nitrogens with two attached hydrogens (primary N) is 1. The van der Waals surface area contributed by atoms with Gasteiger partial charge >= 0.3 is 6.09 Å². The molecule has 150 valence electrons. The number of carbonyl (C=O) groups is 2. The van der Waals surface area contributed by atoms with Crippen molar-refractivity contribution in [2.24, 2.45) is 5.73 Å². The highest BCUT2D eigenvalue weighted by Crippen LogP contribution is 2.28. The zero-order valence-electron chi connectivity index (χ0n) is 15.7. The maximum absolute atomic E-state index is 14.2. The van der Waals surface area contributed by atoms with Crippen molar-refractivity contribution < 1.29 is 27.8 Å². The number of amides is 2. The monoisotopic (exact) mass is 393 g/mol. The number of carbonyl (C=O) groups excluding carboxylic acids is 2. The summed E-state index contributed by atoms with van der Waals surface area (Å²) in [4.78, 5) is 26.3. The van der Waals surface area contributed by atoms with Gasteiger partial charge in [0.25, 0.3) is 0 Å². The second kappa shape index (κ2) is 8.64. The Balaban J connectivity index is 2.00. The molecule has 0 aliphatic rings. The lowest BCUT2D eigenvalue weighted by Gasteiger charge is -2.19. The molecule has 0 aliphatic carbocycles. The summed E-state index contributed by atoms with van der Waals surface area (Å²) in [5.41, 5.74) is 4.93. The maximum Gasteiger partial charge on any atom is 0.407 e. The van der Waals surface area contributed by atoms with E-state index in [1.807, 2.05) is 0 Å². The van der Waals surface area contributed by atoms with Gasteiger partial charge in [-0.25, -0.2) is 18.6 Å². The average molecular weight is 393 g/mol. The lowest BCUT2D eigenvalue weighted by atomic mass is 10.1. The Labute approximate surface area is 160 Å². The van der Waals surface area contributed by atoms with Crippen LogP contribution in [0.25, 0.3) is 0 Å². The SMILES string of the molecule is CC(C)(C)OC(=O)NCCc1cc(F)c(Oc2ccc(C(N)=O)cn2)c(F)c1. The van der Waals surface area contributed by atoms with Crippen molar-refractivity contribution >= 4 is 12.0 Å². The number of hydrogen-bond acceptors (Lipinski definition) is 5. The van der Waals surface area contributed by atoms with E-state index in [0.29, 0.717) is 5.56 Å². The van der Waals surface area contributed by atoms with Crippen LogP contribution in [0.3, 0.4) is 0 Å². The minimum absolute atomic E-state index is 0.0952. The van der Waals surface area contributed by atoms with Crippen LogP contribution in [-0.2, 0) is 11.2 Å². The number of primary amides is 1. The first-order chi connectivity index (χ1) is 13.0. The van der Waals surface area contributed by atoms with E-state index in [1.165, 1.54) is 12.1 Å². The molecule has 2 aromatic rings. The molecule has 0 saturated carbocycles. The molecule has 0 aliphatic heterocycles. The number of nitrogens with one attached hydrogen (secondary N) is 1. The Hall–Kier alpha value is -3.23. The summed E-state index contributed by atoms with van der Waals surface area (Å²) >= 11 is 0. The second-order valence-electron chi connectivity index (χ2n) is 6.92. The maximum atomic E-state index is 14.2. The number of aromatic nitrogens is 1. The quantitative estimate of drug-likeness (QED) is 0.784. The number of rotatable bonds is 6. The summed E-state index contributed by atoms with van der Waals surface area (Å²) < 4.78 is 38.7. The number of pyridine rings is 1. The minimum Gasteiger partial charge on any atom is -0.444 e. The van der Waals surface area contributed by atoms with Gasteiger partial charge in [-0.3, -0.25) is 4.79 Å². The van der Waals surface area contributed by atoms with Gasteiger partial charge in [-0.1, -0.05) is 0 Å². The molecule has 0 radical (unpaired) electrons. The van der Waals surface area contributed by atoms with Crippen molar-refractivity contribution in [1.82, 2.24) is 10.3 Å². The highest BCUT2D eigenvalue weighted by molar-refractivity contribution is 5.92. The standard InChI is InChI=1S/C19H21F2N3O4/c1-19(2,3)28-18(26)23-7-6-11-8-13(20)16(14(21)9-11)27-15-5-4-12(10-24-15)17(22)25/h4-5,8-10H,6-7H2,1-3H3,(H2,22,25)(H,23,26). The van der Waals surface area contributed by atoms with Crippen LogP contribution < -0.4 is 15.8 Å². The molecule has 1 aromatic heterocycles. The van der Waals surface area contributed by atoms with Crippen molar-refractivity contribution in [3.63, 3.8) is 0 Å². The third kappa shape index (κ3) is 6.19. The average Bonchev–Trinajstić information content (AvgIpc) is 2.57. The van der Waals surface area contributed by atoms with Gasteiger partial charge in [0, 0.05) is 18.8 Å². The number of hydrogen-bond donors (Lipinski definition) is 2. The van der Waals surface area contributed by atoms with Gasteiger partial charge in [-0.2, -0.15) is 0 Å². The molecule has 0 bridgehead atoms. The zero-order valence-corrected chi connectivity index (χ0v) is 15.7. The summed E-state index contributed by atoms with van der Waals surface area (Å²) in [5, 5.41) is 2.51. The lowest BCUT2D eigenvalue weighted by molar-refractivity contribution is 0.0528. The number of halogens is 2. The van der Waals surface area contributed by atoms with E-state index in [0.717, 1.165) is 18.3 Å². The first-order valence-corrected chi connectivity index (χ1v) is 8.43. The highest BCUT2D eigenvalue weighted by atomic mass is 19.1. The molecule has 7 nitrogen and oxygen atoms in total. The Bertz CT molecular complexity index is 841. The first kappa shape index (κ1) is 21.1. The Morgan fingerprint density at radius 1 is 1.18 bits per heavy atom. The third-order valence-corrected chi connectivity index (χ3v) is 3.37. The molecule has 28 heavy (non-hydrogen) atoms. The molecule has 0 atom stereocenters. The summed E-state index contributed by atoms with van der Waals surface area (Å²) in [5.74, 6) is -3.24. The highest BCUT2D eigenvalue weighted by Gasteiger charge is 2.17. The number of alkyl carbamates (subject to hydrolysis) is 1. The van der Waals surface area contributed by atoms with Crippen molar-refractivity contribution in [2.75, 3.05) is 6.54 Å². The van der Waals surface area contributed by atoms with Crippen LogP contribution in [-0.4, -0.2) is 29.1 Å². The summed E-state index contributed by atoms with van der Waals surface area (Å²) in [7, 11) is 0. The van der Waals surface area contributed by atoms with Gasteiger partial charge in [-0.15, -0.1) is 0 Å². The van der Waals surface area contributed by atoms with Gasteiger partial charge in [0.05, 0.1) is 5.56 Å². The fourth-order valence-corrected chi connectivity index (χ4v) is 2.17. The molecule has 1 aromatic carbocycles. The summed E-state index contributed by atoms with van der Waals surface area (Å²) in [6.07, 6.45) is 0.724. The smallest absolute Gasteiger partial charge is 0.407 e. The fraction of sp³-hybridized carbons (Fsp3) is 0.316. The van der Waals surface area contributed by atoms with Gasteiger partial charge in [0.1, 0.15) is 5.60 Å². The third-order valence-electron chi connectivity index (χ3n) is 3.37. The van der Waals surface area contributed by atoms with E-state index in [2.05, 4.69) is 10.3 Å². The molecule has 0 fully saturated rings. The molecular formula is C19H21F2N3O4. The molecule has 0 saturated heterocycles. The molecule has 9 heteroatoms. The van der Waals surface area contributed by atoms with Crippen molar-refractivity contribution in [3.8, 4) is 11.6 Å². The fourth-order valence-electron chi connectivity index (χ4n) is 2.17. The van der Waals surface area contributed by atoms with Crippen LogP contribution in [0, 0.1) is 11.6 Å². The van der Waals surface area contributed by atoms with Crippen LogP contribution in [0.5, 0.6) is 11.6 Å². The molecular weight excluding hydrogens is 372 g/mol. The normalized spacial score (nSPS) is 11.0. The van der Waals surface area contributed by atoms with E-state index < -0.39 is 35.0 Å². The van der Waals surface area contributed by atoms with Crippen LogP contribution in [0.2, 0.25) is 0 Å². The van der Waals surface area contributed by atoms with E-state index in [1.54, 1.807) is 20.8 Å². The predicted molar refractivity (Wildman–Crippen MR) is 97.1 cm³/mol. The zero-order chi connectivity index (χ0) is 20.9. The summed E-state index contributed by atoms with van der Waals surface area (Å²) in [6, 6.07) is 4.81. The number of ether oxygens (including phenoxy) is 2. The van der Waals surface area contributed by atoms with Crippen LogP contribution in [0.15, 0.2) is 30.5 Å². The number of benzene rings is 1. The van der Waals surface area contributed by atoms with Gasteiger partial charge < -0.3 is 20.5 Å². The Kier molecular flexibility index (Phi) is 6.50. The van der Waals surface area contributed by atoms with Crippen molar-refractivity contribution in [3.05, 3.63) is 53.2 Å². The minimum atomic E-state index is -0.923. The van der Waals surface area contributed by atoms with Crippen molar-refractivity contribution in [1.29, 1.82) is 0 Å². The molecule has 0 spiro atoms. The molecule has 2 amide bonds. The van der Waals surface area contributed by atoms with Crippen LogP contribution in [0.4, 0.5) is 13.6 Å². The van der Waals surface area contributed by atoms with Gasteiger partial charge in [-0.05, 0) is 51.0 Å². The van der Waals surface area contributed by atoms with E-state index >= 15 is 0 Å². The van der Waals surface area contributed by atoms with E-state index in [-0.39, 0.29) is 24.4 Å². The predicted octanol–water partition coefficient (Wildman–Crippen LogP) is 3.32. The lowest BCUT2D eigenvalue weighted by Crippen LogP contribution is -2.33. The Morgan fingerprint density at radius 3 is 2.32 bits per heavy atom. The molecule has 2 rings (SSSR count). The van der Waals surface area contributed by atoms with Crippen molar-refractivity contribution in [2.45, 2.75) is 32.8 Å². The van der Waals surface area contributed by atoms with Crippen LogP contribution in [0.1, 0.15) is 36.7 Å². The first-order valence-electron chi connectivity index (χ1n) is 8.43. The molecule has 1 heterocycles. The Morgan fingerprint density at radius 2 is 1.82 bits per heavy atom. The van der Waals surface area contributed by atoms with Gasteiger partial charge in [0.15, 0.2) is 11.6 Å². The van der Waals surface area contributed by atoms with Gasteiger partial charge in [0.2, 0.25) is 17.5 Å². The van der Waals surface area contributed by atoms with E-state index in [4.69, 9.17) is 15.2 Å². The van der Waals surface area contributed by atoms with Crippen LogP contribution >= 0.6 is 0 Å². The largest absolute Gasteiger partial charge is 0.444 e. The van der Waals surface area contributed by atoms with E-state index in [9.17, 15) is 18.4 Å². The topological polar surface area (TPSA) is 104 Å². The molecule has 3 N–H and O–H groups in total. The summed E-state index contributed by atoms with van der Waals surface area (Å²) in [6.45, 7) is 5.33. The number of nitrogens with zero attached hydrogens (tertiary/aromatic N) is 1.